The molecular formula is C20H14F4N4O4. The van der Waals surface area contributed by atoms with Crippen molar-refractivity contribution in [2.45, 2.75) is 20.0 Å². The van der Waals surface area contributed by atoms with Crippen molar-refractivity contribution in [2.75, 3.05) is 5.32 Å². The van der Waals surface area contributed by atoms with Crippen LogP contribution in [-0.2, 0) is 11.0 Å². The molecule has 0 saturated heterocycles. The van der Waals surface area contributed by atoms with Crippen LogP contribution in [0.4, 0.5) is 28.9 Å². The Balaban J connectivity index is 1.92. The number of hydrogen-bond acceptors (Lipinski definition) is 5. The van der Waals surface area contributed by atoms with Crippen LogP contribution >= 0.6 is 0 Å². The Morgan fingerprint density at radius 1 is 1.12 bits per heavy atom. The van der Waals surface area contributed by atoms with Gasteiger partial charge >= 0.3 is 11.9 Å². The zero-order chi connectivity index (χ0) is 23.8. The maximum atomic E-state index is 13.5. The number of carbonyl (C=O) groups is 2. The molecular weight excluding hydrogens is 436 g/mol. The molecule has 2 aromatic carbocycles. The smallest absolute Gasteiger partial charge is 0.319 e. The number of halogens is 4. The molecule has 0 spiro atoms. The number of nitrogens with one attached hydrogen (secondary N) is 1. The van der Waals surface area contributed by atoms with Gasteiger partial charge in [0, 0.05) is 11.8 Å². The molecule has 0 atom stereocenters. The molecule has 0 aliphatic rings. The van der Waals surface area contributed by atoms with Gasteiger partial charge in [-0.3, -0.25) is 19.7 Å². The standard InChI is InChI=1S/C20H14F4N4O4/c1-10-17(11(2)27(26-10)14-5-3-4-12(8-14)20(22,23)24)18(29)19(30)25-13-6-7-15(21)16(9-13)28(31)32/h3-9H,1-2H3,(H,25,30). The Kier molecular flexibility index (Phi) is 5.80. The number of hydrogen-bond donors (Lipinski definition) is 1. The van der Waals surface area contributed by atoms with Crippen LogP contribution < -0.4 is 5.32 Å². The second-order valence-corrected chi connectivity index (χ2v) is 6.71. The van der Waals surface area contributed by atoms with Gasteiger partial charge in [0.1, 0.15) is 0 Å². The summed E-state index contributed by atoms with van der Waals surface area (Å²) in [5.41, 5.74) is -1.88. The molecule has 166 valence electrons. The van der Waals surface area contributed by atoms with Crippen LogP contribution in [0.2, 0.25) is 0 Å². The summed E-state index contributed by atoms with van der Waals surface area (Å²) >= 11 is 0. The Labute approximate surface area is 177 Å². The number of nitro benzene ring substituents is 1. The van der Waals surface area contributed by atoms with Gasteiger partial charge in [0.15, 0.2) is 0 Å². The fourth-order valence-electron chi connectivity index (χ4n) is 3.07. The summed E-state index contributed by atoms with van der Waals surface area (Å²) in [7, 11) is 0. The monoisotopic (exact) mass is 450 g/mol. The predicted molar refractivity (Wildman–Crippen MR) is 104 cm³/mol. The molecule has 1 aromatic heterocycles. The van der Waals surface area contributed by atoms with Gasteiger partial charge in [0.25, 0.3) is 11.7 Å². The first-order chi connectivity index (χ1) is 14.9. The number of alkyl halides is 3. The molecule has 0 aliphatic carbocycles. The van der Waals surface area contributed by atoms with Gasteiger partial charge in [-0.1, -0.05) is 6.07 Å². The number of aryl methyl sites for hydroxylation is 1. The zero-order valence-corrected chi connectivity index (χ0v) is 16.5. The van der Waals surface area contributed by atoms with Gasteiger partial charge in [0.2, 0.25) is 5.82 Å². The van der Waals surface area contributed by atoms with Crippen molar-refractivity contribution in [3.8, 4) is 5.69 Å². The van der Waals surface area contributed by atoms with E-state index in [9.17, 15) is 37.3 Å². The molecule has 0 bridgehead atoms. The van der Waals surface area contributed by atoms with E-state index in [1.807, 2.05) is 0 Å². The number of aromatic nitrogens is 2. The fourth-order valence-corrected chi connectivity index (χ4v) is 3.07. The Hall–Kier alpha value is -4.09. The first-order valence-electron chi connectivity index (χ1n) is 8.93. The lowest BCUT2D eigenvalue weighted by molar-refractivity contribution is -0.387. The van der Waals surface area contributed by atoms with Crippen molar-refractivity contribution in [1.29, 1.82) is 0 Å². The van der Waals surface area contributed by atoms with Crippen LogP contribution in [0.25, 0.3) is 5.69 Å². The zero-order valence-electron chi connectivity index (χ0n) is 16.5. The number of amides is 1. The summed E-state index contributed by atoms with van der Waals surface area (Å²) < 4.78 is 53.6. The quantitative estimate of drug-likeness (QED) is 0.204. The second kappa shape index (κ2) is 8.21. The molecule has 3 aromatic rings. The molecule has 8 nitrogen and oxygen atoms in total. The Morgan fingerprint density at radius 2 is 1.81 bits per heavy atom. The fraction of sp³-hybridized carbons (Fsp3) is 0.150. The summed E-state index contributed by atoms with van der Waals surface area (Å²) in [6, 6.07) is 6.85. The highest BCUT2D eigenvalue weighted by Gasteiger charge is 2.31. The molecule has 0 unspecified atom stereocenters. The minimum absolute atomic E-state index is 0.0362. The molecule has 12 heteroatoms. The predicted octanol–water partition coefficient (Wildman–Crippen LogP) is 4.38. The number of nitro groups is 1. The molecule has 1 amide bonds. The lowest BCUT2D eigenvalue weighted by Gasteiger charge is -2.10. The molecule has 0 radical (unpaired) electrons. The van der Waals surface area contributed by atoms with E-state index in [0.29, 0.717) is 0 Å². The highest BCUT2D eigenvalue weighted by molar-refractivity contribution is 6.47. The van der Waals surface area contributed by atoms with E-state index < -0.39 is 39.9 Å². The number of ketones is 1. The van der Waals surface area contributed by atoms with Crippen molar-refractivity contribution in [1.82, 2.24) is 9.78 Å². The van der Waals surface area contributed by atoms with E-state index in [1.165, 1.54) is 26.0 Å². The average molecular weight is 450 g/mol. The van der Waals surface area contributed by atoms with Gasteiger partial charge in [-0.15, -0.1) is 0 Å². The van der Waals surface area contributed by atoms with Crippen LogP contribution in [0.3, 0.4) is 0 Å². The highest BCUT2D eigenvalue weighted by Crippen LogP contribution is 2.31. The van der Waals surface area contributed by atoms with Gasteiger partial charge < -0.3 is 5.32 Å². The van der Waals surface area contributed by atoms with E-state index >= 15 is 0 Å². The SMILES string of the molecule is Cc1nn(-c2cccc(C(F)(F)F)c2)c(C)c1C(=O)C(=O)Nc1ccc(F)c([N+](=O)[O-])c1. The number of benzene rings is 2. The van der Waals surface area contributed by atoms with Crippen LogP contribution in [0.15, 0.2) is 42.5 Å². The lowest BCUT2D eigenvalue weighted by atomic mass is 10.1. The van der Waals surface area contributed by atoms with Crippen molar-refractivity contribution in [2.24, 2.45) is 0 Å². The summed E-state index contributed by atoms with van der Waals surface area (Å²) in [6.07, 6.45) is -4.58. The van der Waals surface area contributed by atoms with Gasteiger partial charge in [-0.2, -0.15) is 22.7 Å². The Bertz CT molecular complexity index is 1250. The molecule has 1 N–H and O–H groups in total. The maximum absolute atomic E-state index is 13.5. The van der Waals surface area contributed by atoms with E-state index in [1.54, 1.807) is 0 Å². The molecule has 0 aliphatic heterocycles. The lowest BCUT2D eigenvalue weighted by Crippen LogP contribution is -2.24. The number of nitrogens with zero attached hydrogens (tertiary/aromatic N) is 3. The van der Waals surface area contributed by atoms with Gasteiger partial charge in [-0.25, -0.2) is 4.68 Å². The van der Waals surface area contributed by atoms with Crippen LogP contribution in [0.5, 0.6) is 0 Å². The van der Waals surface area contributed by atoms with Crippen molar-refractivity contribution in [3.63, 3.8) is 0 Å². The van der Waals surface area contributed by atoms with Crippen LogP contribution in [-0.4, -0.2) is 26.4 Å². The third-order valence-corrected chi connectivity index (χ3v) is 4.54. The van der Waals surface area contributed by atoms with Crippen molar-refractivity contribution < 1.29 is 32.1 Å². The number of anilines is 1. The normalized spacial score (nSPS) is 11.3. The van der Waals surface area contributed by atoms with Crippen LogP contribution in [0, 0.1) is 29.8 Å². The third kappa shape index (κ3) is 4.33. The molecule has 0 saturated carbocycles. The van der Waals surface area contributed by atoms with E-state index in [0.717, 1.165) is 35.0 Å². The second-order valence-electron chi connectivity index (χ2n) is 6.71. The van der Waals surface area contributed by atoms with E-state index in [2.05, 4.69) is 10.4 Å². The van der Waals surface area contributed by atoms with Crippen LogP contribution in [0.1, 0.15) is 27.3 Å². The third-order valence-electron chi connectivity index (χ3n) is 4.54. The largest absolute Gasteiger partial charge is 0.416 e. The molecule has 0 fully saturated rings. The van der Waals surface area contributed by atoms with Gasteiger partial charge in [-0.05, 0) is 44.2 Å². The van der Waals surface area contributed by atoms with Crippen molar-refractivity contribution in [3.05, 3.63) is 80.9 Å². The topological polar surface area (TPSA) is 107 Å². The average Bonchev–Trinajstić information content (AvgIpc) is 3.02. The van der Waals surface area contributed by atoms with Gasteiger partial charge in [0.05, 0.1) is 33.1 Å². The molecule has 3 rings (SSSR count). The van der Waals surface area contributed by atoms with E-state index in [-0.39, 0.29) is 28.3 Å². The van der Waals surface area contributed by atoms with E-state index in [4.69, 9.17) is 0 Å². The first kappa shape index (κ1) is 22.6. The van der Waals surface area contributed by atoms with Crippen molar-refractivity contribution >= 4 is 23.1 Å². The maximum Gasteiger partial charge on any atom is 0.416 e. The Morgan fingerprint density at radius 3 is 2.44 bits per heavy atom. The minimum atomic E-state index is -4.58. The summed E-state index contributed by atoms with van der Waals surface area (Å²) in [5, 5.41) is 17.1. The number of rotatable bonds is 5. The summed E-state index contributed by atoms with van der Waals surface area (Å²) in [4.78, 5) is 34.9. The number of Topliss-reactive ketones (excluding diaryl/α,β-unsaturated/α-hetero) is 1. The summed E-state index contributed by atoms with van der Waals surface area (Å²) in [6.45, 7) is 2.81. The first-order valence-corrected chi connectivity index (χ1v) is 8.93. The summed E-state index contributed by atoms with van der Waals surface area (Å²) in [5.74, 6) is -3.36. The number of carbonyl (C=O) groups excluding carboxylic acids is 2. The highest BCUT2D eigenvalue weighted by atomic mass is 19.4. The minimum Gasteiger partial charge on any atom is -0.319 e. The molecule has 32 heavy (non-hydrogen) atoms. The molecule has 1 heterocycles.